The second kappa shape index (κ2) is 12.1. The molecule has 0 fully saturated rings. The van der Waals surface area contributed by atoms with Gasteiger partial charge in [0.2, 0.25) is 12.6 Å². The van der Waals surface area contributed by atoms with Gasteiger partial charge in [-0.1, -0.05) is 72.6 Å². The molecule has 2 atom stereocenters. The Hall–Kier alpha value is -2.11. The smallest absolute Gasteiger partial charge is 0.246 e. The minimum atomic E-state index is -0.224. The van der Waals surface area contributed by atoms with Crippen LogP contribution in [0.25, 0.3) is 0 Å². The third-order valence-corrected chi connectivity index (χ3v) is 5.53. The maximum atomic E-state index is 6.44. The number of aromatic nitrogens is 2. The van der Waals surface area contributed by atoms with Crippen molar-refractivity contribution in [2.75, 3.05) is 6.61 Å². The first kappa shape index (κ1) is 23.6. The van der Waals surface area contributed by atoms with E-state index in [0.29, 0.717) is 29.8 Å². The average Bonchev–Trinajstić information content (AvgIpc) is 3.23. The highest BCUT2D eigenvalue weighted by atomic mass is 35.5. The minimum absolute atomic E-state index is 0.0295. The van der Waals surface area contributed by atoms with Crippen LogP contribution in [0.5, 0.6) is 0 Å². The van der Waals surface area contributed by atoms with Gasteiger partial charge in [-0.25, -0.2) is 9.13 Å². The molecule has 0 radical (unpaired) electrons. The van der Waals surface area contributed by atoms with Gasteiger partial charge in [-0.05, 0) is 24.1 Å². The molecular formula is C25H29Cl2N2O2+. The zero-order valence-corrected chi connectivity index (χ0v) is 19.3. The largest absolute Gasteiger partial charge is 0.365 e. The number of hydrogen-bond acceptors (Lipinski definition) is 2. The molecule has 0 spiro atoms. The predicted octanol–water partition coefficient (Wildman–Crippen LogP) is 6.54. The lowest BCUT2D eigenvalue weighted by atomic mass is 10.1. The van der Waals surface area contributed by atoms with Gasteiger partial charge in [0.1, 0.15) is 25.0 Å². The summed E-state index contributed by atoms with van der Waals surface area (Å²) < 4.78 is 16.4. The zero-order chi connectivity index (χ0) is 22.1. The van der Waals surface area contributed by atoms with Crippen LogP contribution in [0.1, 0.15) is 43.2 Å². The second-order valence-electron chi connectivity index (χ2n) is 7.37. The fourth-order valence-electron chi connectivity index (χ4n) is 3.40. The molecule has 0 amide bonds. The number of nitrogens with zero attached hydrogens (tertiary/aromatic N) is 2. The number of rotatable bonds is 12. The molecule has 6 heteroatoms. The van der Waals surface area contributed by atoms with Gasteiger partial charge in [0.15, 0.2) is 0 Å². The summed E-state index contributed by atoms with van der Waals surface area (Å²) in [5, 5.41) is 1.20. The zero-order valence-electron chi connectivity index (χ0n) is 17.8. The Balaban J connectivity index is 1.73. The van der Waals surface area contributed by atoms with Crippen molar-refractivity contribution in [2.24, 2.45) is 0 Å². The number of benzene rings is 2. The van der Waals surface area contributed by atoms with Crippen LogP contribution in [0.4, 0.5) is 0 Å². The van der Waals surface area contributed by atoms with Crippen LogP contribution >= 0.6 is 23.2 Å². The Morgan fingerprint density at radius 2 is 1.94 bits per heavy atom. The lowest BCUT2D eigenvalue weighted by Gasteiger charge is -2.17. The van der Waals surface area contributed by atoms with E-state index in [-0.39, 0.29) is 12.3 Å². The Labute approximate surface area is 194 Å². The number of halogens is 2. The van der Waals surface area contributed by atoms with E-state index < -0.39 is 0 Å². The molecule has 2 unspecified atom stereocenters. The van der Waals surface area contributed by atoms with Crippen molar-refractivity contribution < 1.29 is 14.0 Å². The van der Waals surface area contributed by atoms with Crippen molar-refractivity contribution in [2.45, 2.75) is 45.2 Å². The van der Waals surface area contributed by atoms with Gasteiger partial charge in [0, 0.05) is 22.0 Å². The van der Waals surface area contributed by atoms with Crippen molar-refractivity contribution in [3.05, 3.63) is 101 Å². The molecule has 0 bridgehead atoms. The van der Waals surface area contributed by atoms with Gasteiger partial charge < -0.3 is 9.47 Å². The molecule has 3 rings (SSSR count). The number of hydrogen-bond donors (Lipinski definition) is 0. The van der Waals surface area contributed by atoms with Crippen LogP contribution < -0.4 is 4.57 Å². The topological polar surface area (TPSA) is 27.3 Å². The Bertz CT molecular complexity index is 959. The van der Waals surface area contributed by atoms with Gasteiger partial charge >= 0.3 is 0 Å². The highest BCUT2D eigenvalue weighted by Crippen LogP contribution is 2.29. The van der Waals surface area contributed by atoms with Crippen molar-refractivity contribution in [1.29, 1.82) is 0 Å². The van der Waals surface area contributed by atoms with Gasteiger partial charge in [0.25, 0.3) is 0 Å². The lowest BCUT2D eigenvalue weighted by molar-refractivity contribution is -0.704. The Morgan fingerprint density at radius 1 is 1.13 bits per heavy atom. The maximum Gasteiger partial charge on any atom is 0.246 e. The van der Waals surface area contributed by atoms with E-state index in [1.165, 1.54) is 5.56 Å². The van der Waals surface area contributed by atoms with Crippen LogP contribution in [0.3, 0.4) is 0 Å². The minimum Gasteiger partial charge on any atom is -0.365 e. The third kappa shape index (κ3) is 6.94. The number of imidazole rings is 1. The van der Waals surface area contributed by atoms with Crippen molar-refractivity contribution >= 4 is 23.2 Å². The predicted molar refractivity (Wildman–Crippen MR) is 125 cm³/mol. The van der Waals surface area contributed by atoms with E-state index in [4.69, 9.17) is 32.7 Å². The molecule has 0 aliphatic carbocycles. The van der Waals surface area contributed by atoms with Gasteiger partial charge in [0.05, 0.1) is 13.2 Å². The first-order chi connectivity index (χ1) is 15.1. The summed E-state index contributed by atoms with van der Waals surface area (Å²) in [6.45, 7) is 7.54. The van der Waals surface area contributed by atoms with E-state index >= 15 is 0 Å². The van der Waals surface area contributed by atoms with E-state index in [1.54, 1.807) is 12.1 Å². The second-order valence-corrected chi connectivity index (χ2v) is 8.22. The van der Waals surface area contributed by atoms with E-state index in [0.717, 1.165) is 18.4 Å². The fourth-order valence-corrected chi connectivity index (χ4v) is 3.93. The van der Waals surface area contributed by atoms with E-state index in [2.05, 4.69) is 41.1 Å². The monoisotopic (exact) mass is 459 g/mol. The van der Waals surface area contributed by atoms with Crippen molar-refractivity contribution in [1.82, 2.24) is 4.57 Å². The molecule has 3 aromatic rings. The molecule has 0 saturated carbocycles. The summed E-state index contributed by atoms with van der Waals surface area (Å²) in [7, 11) is 0. The molecule has 31 heavy (non-hydrogen) atoms. The van der Waals surface area contributed by atoms with Crippen LogP contribution in [0, 0.1) is 0 Å². The summed E-state index contributed by atoms with van der Waals surface area (Å²) >= 11 is 12.5. The average molecular weight is 460 g/mol. The normalized spacial score (nSPS) is 13.1. The summed E-state index contributed by atoms with van der Waals surface area (Å²) in [4.78, 5) is 0. The first-order valence-electron chi connectivity index (χ1n) is 10.5. The highest BCUT2D eigenvalue weighted by Gasteiger charge is 2.22. The molecular weight excluding hydrogens is 431 g/mol. The van der Waals surface area contributed by atoms with Crippen LogP contribution in [-0.4, -0.2) is 11.2 Å². The molecule has 0 N–H and O–H groups in total. The van der Waals surface area contributed by atoms with Gasteiger partial charge in [-0.15, -0.1) is 6.58 Å². The molecule has 1 heterocycles. The molecule has 0 aliphatic rings. The Morgan fingerprint density at radius 3 is 2.65 bits per heavy atom. The lowest BCUT2D eigenvalue weighted by Crippen LogP contribution is -2.36. The highest BCUT2D eigenvalue weighted by molar-refractivity contribution is 6.35. The number of ether oxygens (including phenoxy) is 2. The summed E-state index contributed by atoms with van der Waals surface area (Å²) in [5.41, 5.74) is 2.07. The molecule has 164 valence electrons. The van der Waals surface area contributed by atoms with Crippen molar-refractivity contribution in [3.63, 3.8) is 0 Å². The van der Waals surface area contributed by atoms with Gasteiger partial charge in [-0.3, -0.25) is 0 Å². The first-order valence-corrected chi connectivity index (χ1v) is 11.3. The standard InChI is InChI=1S/C25H29Cl2N2O2/c1-3-8-25(31-18-20-9-6-5-7-10-20)29-14-13-28(19-29)17-24(30-15-4-2)22-12-11-21(26)16-23(22)27/h4-7,9-14,16,19,24-25H,2-3,8,15,17-18H2,1H3/q+1. The summed E-state index contributed by atoms with van der Waals surface area (Å²) in [6.07, 6.45) is 9.57. The van der Waals surface area contributed by atoms with Crippen LogP contribution in [-0.2, 0) is 22.6 Å². The molecule has 4 nitrogen and oxygen atoms in total. The van der Waals surface area contributed by atoms with Crippen LogP contribution in [0.15, 0.2) is 79.9 Å². The fraction of sp³-hybridized carbons (Fsp3) is 0.320. The molecule has 2 aromatic carbocycles. The SMILES string of the molecule is C=CCOC(C[n+]1ccn(C(CCC)OCc2ccccc2)c1)c1ccc(Cl)cc1Cl. The molecule has 0 aliphatic heterocycles. The van der Waals surface area contributed by atoms with Crippen LogP contribution in [0.2, 0.25) is 10.0 Å². The van der Waals surface area contributed by atoms with Gasteiger partial charge in [-0.2, -0.15) is 0 Å². The molecule has 1 aromatic heterocycles. The van der Waals surface area contributed by atoms with Crippen molar-refractivity contribution in [3.8, 4) is 0 Å². The summed E-state index contributed by atoms with van der Waals surface area (Å²) in [5.74, 6) is 0. The summed E-state index contributed by atoms with van der Waals surface area (Å²) in [6, 6.07) is 15.7. The Kier molecular flexibility index (Phi) is 9.16. The van der Waals surface area contributed by atoms with E-state index in [9.17, 15) is 0 Å². The quantitative estimate of drug-likeness (QED) is 0.227. The third-order valence-electron chi connectivity index (χ3n) is 4.97. The van der Waals surface area contributed by atoms with E-state index in [1.807, 2.05) is 42.7 Å². The maximum absolute atomic E-state index is 6.44. The molecule has 0 saturated heterocycles.